The third-order valence-corrected chi connectivity index (χ3v) is 13.6. The number of piperazine rings is 1. The Hall–Kier alpha value is -5.20. The summed E-state index contributed by atoms with van der Waals surface area (Å²) < 4.78 is 118. The van der Waals surface area contributed by atoms with E-state index < -0.39 is 67.4 Å². The van der Waals surface area contributed by atoms with Gasteiger partial charge in [-0.15, -0.1) is 0 Å². The monoisotopic (exact) mass is 1010 g/mol. The predicted octanol–water partition coefficient (Wildman–Crippen LogP) is 6.91. The SMILES string of the molecule is O=C(NCOCCS(=O)(=O)N1CCN(c2cnc3ccc(-c4cnc(Cl)c(NS(=O)(=O)c5ccc(F)cc5)c4)cc3n2)CC1)c1ccc(F)c(F)c1Nc1ccc(I)cc1F. The van der Waals surface area contributed by atoms with Gasteiger partial charge < -0.3 is 20.3 Å². The molecule has 6 aromatic rings. The van der Waals surface area contributed by atoms with E-state index >= 15 is 0 Å². The summed E-state index contributed by atoms with van der Waals surface area (Å²) in [6.45, 7) is 0.129. The average Bonchev–Trinajstić information content (AvgIpc) is 3.23. The topological polar surface area (TPSA) is 176 Å². The number of hydrogen-bond acceptors (Lipinski definition) is 11. The van der Waals surface area contributed by atoms with Crippen LogP contribution in [-0.2, 0) is 24.8 Å². The van der Waals surface area contributed by atoms with Gasteiger partial charge in [0.25, 0.3) is 15.9 Å². The summed E-state index contributed by atoms with van der Waals surface area (Å²) in [5, 5.41) is 4.71. The summed E-state index contributed by atoms with van der Waals surface area (Å²) in [4.78, 5) is 28.0. The van der Waals surface area contributed by atoms with E-state index in [0.29, 0.717) is 44.6 Å². The molecule has 0 bridgehead atoms. The molecule has 3 N–H and O–H groups in total. The van der Waals surface area contributed by atoms with Crippen LogP contribution in [0.2, 0.25) is 5.15 Å². The number of aromatic nitrogens is 3. The number of carbonyl (C=O) groups excluding carboxylic acids is 1. The number of amides is 1. The Morgan fingerprint density at radius 1 is 0.803 bits per heavy atom. The van der Waals surface area contributed by atoms with Crippen molar-refractivity contribution in [2.24, 2.45) is 0 Å². The van der Waals surface area contributed by atoms with Gasteiger partial charge in [-0.25, -0.2) is 44.4 Å². The number of carbonyl (C=O) groups is 1. The Bertz CT molecular complexity index is 2860. The van der Waals surface area contributed by atoms with Crippen LogP contribution in [-0.4, -0.2) is 87.3 Å². The summed E-state index contributed by atoms with van der Waals surface area (Å²) >= 11 is 8.12. The van der Waals surface area contributed by atoms with E-state index in [2.05, 4.69) is 25.3 Å². The molecule has 7 rings (SSSR count). The van der Waals surface area contributed by atoms with Crippen LogP contribution in [0.5, 0.6) is 0 Å². The van der Waals surface area contributed by atoms with Crippen molar-refractivity contribution in [1.82, 2.24) is 24.6 Å². The number of pyridine rings is 1. The molecule has 0 unspecified atom stereocenters. The minimum absolute atomic E-state index is 0.00909. The highest BCUT2D eigenvalue weighted by Crippen LogP contribution is 2.31. The first-order valence-corrected chi connectivity index (χ1v) is 22.6. The van der Waals surface area contributed by atoms with E-state index in [1.54, 1.807) is 30.5 Å². The highest BCUT2D eigenvalue weighted by Gasteiger charge is 2.28. The van der Waals surface area contributed by atoms with Crippen LogP contribution in [0.15, 0.2) is 96.2 Å². The van der Waals surface area contributed by atoms with Crippen molar-refractivity contribution in [3.05, 3.63) is 129 Å². The van der Waals surface area contributed by atoms with E-state index in [0.717, 1.165) is 36.4 Å². The first-order valence-electron chi connectivity index (χ1n) is 18.1. The lowest BCUT2D eigenvalue weighted by Crippen LogP contribution is -2.50. The zero-order valence-corrected chi connectivity index (χ0v) is 35.9. The van der Waals surface area contributed by atoms with E-state index in [1.807, 2.05) is 27.5 Å². The van der Waals surface area contributed by atoms with Crippen molar-refractivity contribution in [2.45, 2.75) is 4.90 Å². The lowest BCUT2D eigenvalue weighted by Gasteiger charge is -2.34. The van der Waals surface area contributed by atoms with Gasteiger partial charge in [-0.2, -0.15) is 4.31 Å². The van der Waals surface area contributed by atoms with Crippen molar-refractivity contribution < 1.29 is 43.9 Å². The summed E-state index contributed by atoms with van der Waals surface area (Å²) in [5.41, 5.74) is 1.14. The molecule has 61 heavy (non-hydrogen) atoms. The van der Waals surface area contributed by atoms with Crippen LogP contribution < -0.4 is 20.3 Å². The number of rotatable bonds is 14. The fourth-order valence-electron chi connectivity index (χ4n) is 6.19. The summed E-state index contributed by atoms with van der Waals surface area (Å²) in [5.74, 6) is -4.75. The molecular weight excluding hydrogens is 979 g/mol. The number of ether oxygens (including phenoxy) is 1. The minimum Gasteiger partial charge on any atom is -0.360 e. The van der Waals surface area contributed by atoms with Crippen LogP contribution in [0.25, 0.3) is 22.2 Å². The Kier molecular flexibility index (Phi) is 13.2. The molecule has 0 atom stereocenters. The van der Waals surface area contributed by atoms with Crippen LogP contribution in [0.3, 0.4) is 0 Å². The van der Waals surface area contributed by atoms with Gasteiger partial charge in [0.15, 0.2) is 16.8 Å². The van der Waals surface area contributed by atoms with E-state index in [-0.39, 0.29) is 46.7 Å². The zero-order valence-electron chi connectivity index (χ0n) is 31.4. The maximum atomic E-state index is 14.8. The van der Waals surface area contributed by atoms with Crippen molar-refractivity contribution in [2.75, 3.05) is 60.2 Å². The van der Waals surface area contributed by atoms with E-state index in [9.17, 15) is 39.2 Å². The molecule has 3 heterocycles. The molecule has 1 saturated heterocycles. The van der Waals surface area contributed by atoms with Crippen molar-refractivity contribution in [1.29, 1.82) is 0 Å². The average molecular weight is 1010 g/mol. The van der Waals surface area contributed by atoms with Gasteiger partial charge in [0.1, 0.15) is 24.2 Å². The second-order valence-electron chi connectivity index (χ2n) is 13.3. The fourth-order valence-corrected chi connectivity index (χ4v) is 9.21. The van der Waals surface area contributed by atoms with Gasteiger partial charge in [-0.3, -0.25) is 14.5 Å². The second-order valence-corrected chi connectivity index (χ2v) is 18.7. The van der Waals surface area contributed by atoms with Crippen LogP contribution in [0.1, 0.15) is 10.4 Å². The van der Waals surface area contributed by atoms with Gasteiger partial charge in [0, 0.05) is 41.5 Å². The zero-order chi connectivity index (χ0) is 43.5. The van der Waals surface area contributed by atoms with Crippen molar-refractivity contribution in [3.63, 3.8) is 0 Å². The fraction of sp³-hybridized carbons (Fsp3) is 0.179. The molecule has 1 fully saturated rings. The summed E-state index contributed by atoms with van der Waals surface area (Å²) in [7, 11) is -7.89. The molecule has 1 aliphatic rings. The molecule has 0 aliphatic carbocycles. The van der Waals surface area contributed by atoms with Gasteiger partial charge in [-0.1, -0.05) is 17.7 Å². The third-order valence-electron chi connectivity index (χ3n) is 9.38. The van der Waals surface area contributed by atoms with Crippen LogP contribution >= 0.6 is 34.2 Å². The van der Waals surface area contributed by atoms with Crippen LogP contribution in [0.4, 0.5) is 40.4 Å². The molecule has 22 heteroatoms. The van der Waals surface area contributed by atoms with Gasteiger partial charge in [-0.05, 0) is 101 Å². The first-order chi connectivity index (χ1) is 29.1. The number of halogens is 6. The van der Waals surface area contributed by atoms with Gasteiger partial charge in [0.2, 0.25) is 10.0 Å². The Balaban J connectivity index is 0.926. The number of nitrogens with zero attached hydrogens (tertiary/aromatic N) is 5. The summed E-state index contributed by atoms with van der Waals surface area (Å²) in [6.07, 6.45) is 3.05. The molecular formula is C39H32ClF4IN8O6S2. The Labute approximate surface area is 365 Å². The largest absolute Gasteiger partial charge is 0.360 e. The second kappa shape index (κ2) is 18.4. The first kappa shape index (κ1) is 43.9. The third kappa shape index (κ3) is 10.3. The van der Waals surface area contributed by atoms with Crippen molar-refractivity contribution >= 4 is 94.1 Å². The standard InChI is InChI=1S/C39H32ClF4IN8O6S2/c40-38-34(51-61(57,58)27-5-2-25(41)3-6-27)18-24(20-47-38)23-1-9-32-33(17-23)49-35(21-46-32)52-11-13-53(14-12-52)60(55,56)16-15-59-22-48-39(54)28-7-8-29(42)36(44)37(28)50-31-10-4-26(45)19-30(31)43/h1-10,17-21,50-51H,11-16,22H2,(H,48,54). The van der Waals surface area contributed by atoms with Gasteiger partial charge in [0.05, 0.1) is 57.1 Å². The van der Waals surface area contributed by atoms with E-state index in [4.69, 9.17) is 21.3 Å². The maximum absolute atomic E-state index is 14.8. The molecule has 1 aliphatic heterocycles. The highest BCUT2D eigenvalue weighted by atomic mass is 127. The number of nitrogens with one attached hydrogen (secondary N) is 3. The number of anilines is 4. The molecule has 2 aromatic heterocycles. The molecule has 14 nitrogen and oxygen atoms in total. The molecule has 1 amide bonds. The quantitative estimate of drug-likeness (QED) is 0.0340. The smallest absolute Gasteiger partial charge is 0.261 e. The lowest BCUT2D eigenvalue weighted by atomic mass is 10.1. The maximum Gasteiger partial charge on any atom is 0.261 e. The van der Waals surface area contributed by atoms with Gasteiger partial charge >= 0.3 is 0 Å². The number of hydrogen-bond donors (Lipinski definition) is 3. The lowest BCUT2D eigenvalue weighted by molar-refractivity contribution is 0.0819. The van der Waals surface area contributed by atoms with Crippen LogP contribution in [0, 0.1) is 26.8 Å². The molecule has 0 spiro atoms. The normalized spacial score (nSPS) is 13.6. The molecule has 318 valence electrons. The number of benzene rings is 4. The molecule has 0 saturated carbocycles. The number of sulfonamides is 2. The minimum atomic E-state index is -4.11. The summed E-state index contributed by atoms with van der Waals surface area (Å²) in [6, 6.07) is 16.9. The van der Waals surface area contributed by atoms with E-state index in [1.165, 1.54) is 28.7 Å². The highest BCUT2D eigenvalue weighted by molar-refractivity contribution is 14.1. The number of fused-ring (bicyclic) bond motifs is 1. The Morgan fingerprint density at radius 2 is 1.56 bits per heavy atom. The molecule has 0 radical (unpaired) electrons. The Morgan fingerprint density at radius 3 is 2.30 bits per heavy atom. The predicted molar refractivity (Wildman–Crippen MR) is 230 cm³/mol. The van der Waals surface area contributed by atoms with Crippen molar-refractivity contribution in [3.8, 4) is 11.1 Å². The molecule has 4 aromatic carbocycles.